The molecular weight excluding hydrogens is 196 g/mol. The van der Waals surface area contributed by atoms with Gasteiger partial charge in [0.2, 0.25) is 5.91 Å². The highest BCUT2D eigenvalue weighted by Crippen LogP contribution is 2.15. The topological polar surface area (TPSA) is 96.2 Å². The maximum absolute atomic E-state index is 11.5. The minimum atomic E-state index is -0.569. The summed E-state index contributed by atoms with van der Waals surface area (Å²) in [6, 6.07) is -0.569. The number of amides is 3. The zero-order valence-corrected chi connectivity index (χ0v) is 8.88. The molecule has 1 atom stereocenters. The van der Waals surface area contributed by atoms with E-state index >= 15 is 0 Å². The Kier molecular flexibility index (Phi) is 4.36. The van der Waals surface area contributed by atoms with Crippen LogP contribution in [0.3, 0.4) is 0 Å². The van der Waals surface area contributed by atoms with Gasteiger partial charge in [0.1, 0.15) is 0 Å². The monoisotopic (exact) mass is 214 g/mol. The summed E-state index contributed by atoms with van der Waals surface area (Å²) >= 11 is 0. The number of urea groups is 1. The molecule has 1 heterocycles. The number of carbonyl (C=O) groups is 2. The summed E-state index contributed by atoms with van der Waals surface area (Å²) in [5.41, 5.74) is 4.88. The number of carbonyl (C=O) groups excluding carboxylic acids is 2. The molecule has 3 amide bonds. The van der Waals surface area contributed by atoms with Gasteiger partial charge in [-0.25, -0.2) is 4.79 Å². The predicted octanol–water partition coefficient (Wildman–Crippen LogP) is -1.37. The predicted molar refractivity (Wildman–Crippen MR) is 56.1 cm³/mol. The molecule has 1 saturated heterocycles. The number of nitrogens with one attached hydrogen (secondary N) is 3. The summed E-state index contributed by atoms with van der Waals surface area (Å²) < 4.78 is 0. The Bertz CT molecular complexity index is 240. The molecular formula is C9H18N4O2. The van der Waals surface area contributed by atoms with Gasteiger partial charge in [0.05, 0.1) is 0 Å². The summed E-state index contributed by atoms with van der Waals surface area (Å²) in [5, 5.41) is 8.28. The van der Waals surface area contributed by atoms with Crippen LogP contribution in [0.5, 0.6) is 0 Å². The molecule has 0 bridgehead atoms. The molecule has 5 N–H and O–H groups in total. The first-order chi connectivity index (χ1) is 7.11. The molecule has 6 heteroatoms. The fourth-order valence-corrected chi connectivity index (χ4v) is 1.41. The molecule has 1 fully saturated rings. The highest BCUT2D eigenvalue weighted by Gasteiger charge is 2.28. The largest absolute Gasteiger partial charge is 0.354 e. The normalized spacial score (nSPS) is 17.7. The van der Waals surface area contributed by atoms with Crippen LogP contribution >= 0.6 is 0 Å². The molecule has 6 nitrogen and oxygen atoms in total. The highest BCUT2D eigenvalue weighted by molar-refractivity contribution is 5.78. The van der Waals surface area contributed by atoms with E-state index in [-0.39, 0.29) is 11.8 Å². The van der Waals surface area contributed by atoms with Crippen molar-refractivity contribution in [3.05, 3.63) is 0 Å². The lowest BCUT2D eigenvalue weighted by Crippen LogP contribution is -2.50. The Morgan fingerprint density at radius 2 is 2.00 bits per heavy atom. The fraction of sp³-hybridized carbons (Fsp3) is 0.778. The molecule has 1 unspecified atom stereocenters. The molecule has 1 aliphatic heterocycles. The Balaban J connectivity index is 2.09. The molecule has 0 aromatic rings. The lowest BCUT2D eigenvalue weighted by molar-refractivity contribution is -0.126. The van der Waals surface area contributed by atoms with E-state index in [1.165, 1.54) is 0 Å². The van der Waals surface area contributed by atoms with Crippen molar-refractivity contribution < 1.29 is 9.59 Å². The van der Waals surface area contributed by atoms with E-state index < -0.39 is 6.03 Å². The van der Waals surface area contributed by atoms with Crippen molar-refractivity contribution in [2.75, 3.05) is 26.2 Å². The van der Waals surface area contributed by atoms with Crippen molar-refractivity contribution in [1.29, 1.82) is 0 Å². The van der Waals surface area contributed by atoms with Gasteiger partial charge in [0, 0.05) is 19.0 Å². The van der Waals surface area contributed by atoms with Crippen LogP contribution in [0.15, 0.2) is 0 Å². The molecule has 1 rings (SSSR count). The van der Waals surface area contributed by atoms with Gasteiger partial charge >= 0.3 is 6.03 Å². The van der Waals surface area contributed by atoms with Crippen LogP contribution in [0, 0.1) is 11.8 Å². The van der Waals surface area contributed by atoms with E-state index in [0.29, 0.717) is 19.0 Å². The maximum atomic E-state index is 11.5. The number of nitrogens with two attached hydrogens (primary N) is 1. The molecule has 0 saturated carbocycles. The van der Waals surface area contributed by atoms with Gasteiger partial charge in [-0.1, -0.05) is 6.92 Å². The maximum Gasteiger partial charge on any atom is 0.312 e. The summed E-state index contributed by atoms with van der Waals surface area (Å²) in [6.45, 7) is 4.54. The Morgan fingerprint density at radius 1 is 1.40 bits per heavy atom. The standard InChI is InChI=1S/C9H18N4O2/c1-6(7-4-11-5-7)8(14)12-2-3-13-9(10)15/h6-7,11H,2-5H2,1H3,(H,12,14)(H3,10,13,15). The van der Waals surface area contributed by atoms with E-state index in [1.807, 2.05) is 6.92 Å². The molecule has 0 radical (unpaired) electrons. The van der Waals surface area contributed by atoms with Crippen molar-refractivity contribution >= 4 is 11.9 Å². The molecule has 0 aliphatic carbocycles. The van der Waals surface area contributed by atoms with Crippen LogP contribution in [-0.4, -0.2) is 38.1 Å². The molecule has 15 heavy (non-hydrogen) atoms. The van der Waals surface area contributed by atoms with Crippen molar-refractivity contribution in [2.24, 2.45) is 17.6 Å². The van der Waals surface area contributed by atoms with Gasteiger partial charge < -0.3 is 21.7 Å². The van der Waals surface area contributed by atoms with Gasteiger partial charge in [-0.3, -0.25) is 4.79 Å². The highest BCUT2D eigenvalue weighted by atomic mass is 16.2. The van der Waals surface area contributed by atoms with Crippen LogP contribution in [0.25, 0.3) is 0 Å². The fourth-order valence-electron chi connectivity index (χ4n) is 1.41. The van der Waals surface area contributed by atoms with Crippen LogP contribution in [0.1, 0.15) is 6.92 Å². The summed E-state index contributed by atoms with van der Waals surface area (Å²) in [4.78, 5) is 21.9. The van der Waals surface area contributed by atoms with Crippen molar-refractivity contribution in [2.45, 2.75) is 6.92 Å². The third-order valence-electron chi connectivity index (χ3n) is 2.66. The van der Waals surface area contributed by atoms with Gasteiger partial charge in [-0.15, -0.1) is 0 Å². The van der Waals surface area contributed by atoms with E-state index in [9.17, 15) is 9.59 Å². The second kappa shape index (κ2) is 5.55. The lowest BCUT2D eigenvalue weighted by atomic mass is 9.88. The van der Waals surface area contributed by atoms with Gasteiger partial charge in [0.15, 0.2) is 0 Å². The molecule has 86 valence electrons. The second-order valence-electron chi connectivity index (χ2n) is 3.79. The zero-order chi connectivity index (χ0) is 11.3. The van der Waals surface area contributed by atoms with E-state index in [2.05, 4.69) is 16.0 Å². The first-order valence-electron chi connectivity index (χ1n) is 5.13. The summed E-state index contributed by atoms with van der Waals surface area (Å²) in [7, 11) is 0. The third-order valence-corrected chi connectivity index (χ3v) is 2.66. The van der Waals surface area contributed by atoms with Gasteiger partial charge in [-0.2, -0.15) is 0 Å². The minimum Gasteiger partial charge on any atom is -0.354 e. The van der Waals surface area contributed by atoms with Crippen LogP contribution in [0.2, 0.25) is 0 Å². The first-order valence-corrected chi connectivity index (χ1v) is 5.13. The Labute approximate surface area is 89.0 Å². The van der Waals surface area contributed by atoms with E-state index in [0.717, 1.165) is 13.1 Å². The van der Waals surface area contributed by atoms with E-state index in [1.54, 1.807) is 0 Å². The SMILES string of the molecule is CC(C(=O)NCCNC(N)=O)C1CNC1. The summed E-state index contributed by atoms with van der Waals surface area (Å²) in [5.74, 6) is 0.502. The first kappa shape index (κ1) is 11.8. The van der Waals surface area contributed by atoms with E-state index in [4.69, 9.17) is 5.73 Å². The number of hydrogen-bond acceptors (Lipinski definition) is 3. The van der Waals surface area contributed by atoms with Gasteiger partial charge in [0.25, 0.3) is 0 Å². The smallest absolute Gasteiger partial charge is 0.312 e. The van der Waals surface area contributed by atoms with Crippen molar-refractivity contribution in [3.8, 4) is 0 Å². The Hall–Kier alpha value is -1.30. The number of primary amides is 1. The number of rotatable bonds is 5. The van der Waals surface area contributed by atoms with Crippen LogP contribution in [0.4, 0.5) is 4.79 Å². The molecule has 0 aromatic heterocycles. The Morgan fingerprint density at radius 3 is 2.47 bits per heavy atom. The van der Waals surface area contributed by atoms with Gasteiger partial charge in [-0.05, 0) is 19.0 Å². The van der Waals surface area contributed by atoms with Crippen molar-refractivity contribution in [3.63, 3.8) is 0 Å². The van der Waals surface area contributed by atoms with Crippen molar-refractivity contribution in [1.82, 2.24) is 16.0 Å². The lowest BCUT2D eigenvalue weighted by Gasteiger charge is -2.31. The second-order valence-corrected chi connectivity index (χ2v) is 3.79. The molecule has 0 aromatic carbocycles. The zero-order valence-electron chi connectivity index (χ0n) is 8.88. The van der Waals surface area contributed by atoms with Crippen LogP contribution < -0.4 is 21.7 Å². The third kappa shape index (κ3) is 3.75. The summed E-state index contributed by atoms with van der Waals surface area (Å²) in [6.07, 6.45) is 0. The molecule has 1 aliphatic rings. The average molecular weight is 214 g/mol. The minimum absolute atomic E-state index is 0.0276. The average Bonchev–Trinajstić information content (AvgIpc) is 2.08. The van der Waals surface area contributed by atoms with Crippen LogP contribution in [-0.2, 0) is 4.79 Å². The molecule has 0 spiro atoms. The quantitative estimate of drug-likeness (QED) is 0.425. The number of hydrogen-bond donors (Lipinski definition) is 4.